The molecule has 0 radical (unpaired) electrons. The number of nitrogens with one attached hydrogen (secondary N) is 1. The zero-order chi connectivity index (χ0) is 34.6. The predicted octanol–water partition coefficient (Wildman–Crippen LogP) is 6.85. The maximum absolute atomic E-state index is 15.6. The summed E-state index contributed by atoms with van der Waals surface area (Å²) in [7, 11) is 1.57. The van der Waals surface area contributed by atoms with Crippen LogP contribution in [0, 0.1) is 25.6 Å². The van der Waals surface area contributed by atoms with Gasteiger partial charge in [-0.2, -0.15) is 13.2 Å². The van der Waals surface area contributed by atoms with Crippen molar-refractivity contribution in [3.05, 3.63) is 91.6 Å². The molecule has 1 N–H and O–H groups in total. The maximum atomic E-state index is 15.6. The largest absolute Gasteiger partial charge is 0.416 e. The van der Waals surface area contributed by atoms with Crippen molar-refractivity contribution in [3.63, 3.8) is 0 Å². The van der Waals surface area contributed by atoms with Crippen molar-refractivity contribution in [3.8, 4) is 11.1 Å². The molecule has 2 atom stereocenters. The molecule has 1 aliphatic heterocycles. The number of pyridine rings is 1. The molecule has 0 spiro atoms. The van der Waals surface area contributed by atoms with Gasteiger partial charge >= 0.3 is 6.18 Å². The van der Waals surface area contributed by atoms with Crippen LogP contribution in [0.4, 0.5) is 17.6 Å². The molecule has 3 aromatic rings. The molecule has 1 saturated heterocycles. The van der Waals surface area contributed by atoms with Gasteiger partial charge in [0.2, 0.25) is 5.91 Å². The number of methoxy groups -OCH3 is 1. The number of carbonyl (C=O) groups excluding carboxylic acids is 2. The van der Waals surface area contributed by atoms with Crippen LogP contribution >= 0.6 is 11.6 Å². The first-order valence-corrected chi connectivity index (χ1v) is 15.9. The van der Waals surface area contributed by atoms with E-state index in [1.165, 1.54) is 12.1 Å². The number of carbonyl (C=O) groups is 2. The second-order valence-corrected chi connectivity index (χ2v) is 13.0. The number of ether oxygens (including phenoxy) is 1. The fourth-order valence-electron chi connectivity index (χ4n) is 6.13. The Morgan fingerprint density at radius 3 is 2.38 bits per heavy atom. The maximum Gasteiger partial charge on any atom is 0.416 e. The SMILES string of the molecule is COC1CN(CCc2cn(C(CC(C)C)C(=O)N[C@@H](CC=O)c3cc(-c4c(C)cccc4C)cc(Cl)c3F)c(=O)cc2C(F)(F)F)C1. The van der Waals surface area contributed by atoms with Gasteiger partial charge in [0, 0.05) is 51.0 Å². The van der Waals surface area contributed by atoms with E-state index in [9.17, 15) is 27.6 Å². The molecule has 4 rings (SSSR count). The van der Waals surface area contributed by atoms with Crippen molar-refractivity contribution in [2.45, 2.75) is 71.3 Å². The minimum atomic E-state index is -4.78. The highest BCUT2D eigenvalue weighted by atomic mass is 35.5. The van der Waals surface area contributed by atoms with Gasteiger partial charge in [-0.05, 0) is 72.6 Å². The third-order valence-electron chi connectivity index (χ3n) is 8.61. The van der Waals surface area contributed by atoms with Crippen LogP contribution in [0.3, 0.4) is 0 Å². The number of benzene rings is 2. The van der Waals surface area contributed by atoms with Crippen LogP contribution in [-0.4, -0.2) is 54.5 Å². The lowest BCUT2D eigenvalue weighted by Crippen LogP contribution is -2.52. The number of aldehydes is 1. The van der Waals surface area contributed by atoms with Crippen molar-refractivity contribution in [1.82, 2.24) is 14.8 Å². The number of nitrogens with zero attached hydrogens (tertiary/aromatic N) is 2. The fraction of sp³-hybridized carbons (Fsp3) is 0.457. The van der Waals surface area contributed by atoms with Gasteiger partial charge in [0.1, 0.15) is 18.1 Å². The van der Waals surface area contributed by atoms with Gasteiger partial charge in [0.05, 0.1) is 22.7 Å². The highest BCUT2D eigenvalue weighted by Crippen LogP contribution is 2.36. The molecule has 1 aliphatic rings. The Morgan fingerprint density at radius 1 is 1.15 bits per heavy atom. The Morgan fingerprint density at radius 2 is 1.81 bits per heavy atom. The van der Waals surface area contributed by atoms with Gasteiger partial charge in [0.15, 0.2) is 0 Å². The molecule has 1 aromatic heterocycles. The van der Waals surface area contributed by atoms with Crippen LogP contribution in [0.2, 0.25) is 5.02 Å². The quantitative estimate of drug-likeness (QED) is 0.158. The van der Waals surface area contributed by atoms with Crippen LogP contribution in [0.1, 0.15) is 66.6 Å². The van der Waals surface area contributed by atoms with Crippen LogP contribution in [-0.2, 0) is 26.9 Å². The van der Waals surface area contributed by atoms with Crippen molar-refractivity contribution >= 4 is 23.8 Å². The monoisotopic (exact) mass is 677 g/mol. The standard InChI is InChI=1S/C35H40ClF4N3O4/c1-20(2)13-30(43-17-23(9-11-42-18-25(19-42)47-5)27(16-31(43)45)35(38,39)40)34(46)41-29(10-12-44)26-14-24(15-28(36)33(26)37)32-21(3)7-6-8-22(32)4/h6-8,12,14-17,20,25,29-30H,9-11,13,18-19H2,1-5H3,(H,41,46)/t29-,30?/m0/s1. The molecule has 0 bridgehead atoms. The number of aryl methyl sites for hydroxylation is 2. The van der Waals surface area contributed by atoms with Gasteiger partial charge in [-0.1, -0.05) is 43.6 Å². The van der Waals surface area contributed by atoms with E-state index >= 15 is 4.39 Å². The first kappa shape index (κ1) is 36.3. The number of hydrogen-bond donors (Lipinski definition) is 1. The third kappa shape index (κ3) is 8.49. The van der Waals surface area contributed by atoms with Gasteiger partial charge in [-0.25, -0.2) is 4.39 Å². The van der Waals surface area contributed by atoms with Crippen LogP contribution in [0.5, 0.6) is 0 Å². The summed E-state index contributed by atoms with van der Waals surface area (Å²) in [5.41, 5.74) is 1.05. The molecule has 2 aromatic carbocycles. The molecule has 1 fully saturated rings. The van der Waals surface area contributed by atoms with Crippen molar-refractivity contribution in [2.24, 2.45) is 5.92 Å². The summed E-state index contributed by atoms with van der Waals surface area (Å²) in [5, 5.41) is 2.51. The van der Waals surface area contributed by atoms with E-state index in [-0.39, 0.29) is 47.4 Å². The first-order chi connectivity index (χ1) is 22.1. The summed E-state index contributed by atoms with van der Waals surface area (Å²) in [6.45, 7) is 8.89. The fourth-order valence-corrected chi connectivity index (χ4v) is 6.36. The Labute approximate surface area is 276 Å². The molecule has 12 heteroatoms. The Hall–Kier alpha value is -3.54. The molecule has 1 amide bonds. The second kappa shape index (κ2) is 15.1. The smallest absolute Gasteiger partial charge is 0.379 e. The lowest BCUT2D eigenvalue weighted by molar-refractivity contribution is -0.138. The van der Waals surface area contributed by atoms with E-state index in [1.807, 2.05) is 50.8 Å². The van der Waals surface area contributed by atoms with E-state index in [4.69, 9.17) is 16.3 Å². The van der Waals surface area contributed by atoms with Crippen molar-refractivity contribution in [2.75, 3.05) is 26.7 Å². The summed E-state index contributed by atoms with van der Waals surface area (Å²) in [5.74, 6) is -1.71. The number of amides is 1. The number of alkyl halides is 3. The first-order valence-electron chi connectivity index (χ1n) is 15.5. The normalized spacial score (nSPS) is 15.4. The van der Waals surface area contributed by atoms with E-state index in [2.05, 4.69) is 5.32 Å². The number of aromatic nitrogens is 1. The molecule has 0 aliphatic carbocycles. The summed E-state index contributed by atoms with van der Waals surface area (Å²) in [6, 6.07) is 6.83. The van der Waals surface area contributed by atoms with E-state index < -0.39 is 41.1 Å². The number of halogens is 5. The van der Waals surface area contributed by atoms with Gasteiger partial charge < -0.3 is 19.4 Å². The number of likely N-dealkylation sites (tertiary alicyclic amines) is 1. The van der Waals surface area contributed by atoms with Gasteiger partial charge in [-0.3, -0.25) is 14.5 Å². The Bertz CT molecular complexity index is 1650. The lowest BCUT2D eigenvalue weighted by atomic mass is 9.92. The molecular formula is C35H40ClF4N3O4. The second-order valence-electron chi connectivity index (χ2n) is 12.6. The van der Waals surface area contributed by atoms with Crippen LogP contribution in [0.15, 0.2) is 47.4 Å². The minimum Gasteiger partial charge on any atom is -0.379 e. The third-order valence-corrected chi connectivity index (χ3v) is 8.88. The molecule has 2 heterocycles. The van der Waals surface area contributed by atoms with Gasteiger partial charge in [0.25, 0.3) is 5.56 Å². The van der Waals surface area contributed by atoms with E-state index in [0.717, 1.165) is 27.5 Å². The molecule has 254 valence electrons. The minimum absolute atomic E-state index is 0.00976. The average molecular weight is 678 g/mol. The molecule has 1 unspecified atom stereocenters. The zero-order valence-corrected chi connectivity index (χ0v) is 27.8. The highest BCUT2D eigenvalue weighted by Gasteiger charge is 2.36. The summed E-state index contributed by atoms with van der Waals surface area (Å²) < 4.78 is 64.0. The van der Waals surface area contributed by atoms with E-state index in [1.54, 1.807) is 7.11 Å². The Kier molecular flexibility index (Phi) is 11.7. The molecule has 0 saturated carbocycles. The van der Waals surface area contributed by atoms with Crippen molar-refractivity contribution in [1.29, 1.82) is 0 Å². The highest BCUT2D eigenvalue weighted by molar-refractivity contribution is 6.31. The summed E-state index contributed by atoms with van der Waals surface area (Å²) >= 11 is 6.33. The van der Waals surface area contributed by atoms with Crippen LogP contribution < -0.4 is 10.9 Å². The molecule has 47 heavy (non-hydrogen) atoms. The lowest BCUT2D eigenvalue weighted by Gasteiger charge is -2.38. The molecular weight excluding hydrogens is 638 g/mol. The van der Waals surface area contributed by atoms with E-state index in [0.29, 0.717) is 37.6 Å². The number of hydrogen-bond acceptors (Lipinski definition) is 5. The van der Waals surface area contributed by atoms with Crippen LogP contribution in [0.25, 0.3) is 11.1 Å². The topological polar surface area (TPSA) is 80.6 Å². The summed E-state index contributed by atoms with van der Waals surface area (Å²) in [6.07, 6.45) is -3.34. The molecule has 7 nitrogen and oxygen atoms in total. The zero-order valence-electron chi connectivity index (χ0n) is 27.1. The van der Waals surface area contributed by atoms with Crippen molar-refractivity contribution < 1.29 is 31.9 Å². The summed E-state index contributed by atoms with van der Waals surface area (Å²) in [4.78, 5) is 40.9. The number of rotatable bonds is 13. The van der Waals surface area contributed by atoms with Gasteiger partial charge in [-0.15, -0.1) is 0 Å². The Balaban J connectivity index is 1.72. The predicted molar refractivity (Wildman–Crippen MR) is 173 cm³/mol. The average Bonchev–Trinajstić information content (AvgIpc) is 2.96.